The molecule has 0 aromatic rings. The minimum Gasteiger partial charge on any atom is -0.313 e. The first-order valence-electron chi connectivity index (χ1n) is 7.08. The van der Waals surface area contributed by atoms with Gasteiger partial charge in [0.15, 0.2) is 0 Å². The number of likely N-dealkylation sites (N-methyl/N-ethyl adjacent to an activating group) is 2. The molecule has 17 heavy (non-hydrogen) atoms. The second-order valence-corrected chi connectivity index (χ2v) is 6.14. The molecule has 2 N–H and O–H groups in total. The van der Waals surface area contributed by atoms with E-state index in [0.717, 1.165) is 12.6 Å². The van der Waals surface area contributed by atoms with E-state index in [1.807, 2.05) is 0 Å². The maximum Gasteiger partial charge on any atom is 0.0488 e. The van der Waals surface area contributed by atoms with Gasteiger partial charge in [-0.15, -0.1) is 0 Å². The number of nitrogens with zero attached hydrogens (tertiary/aromatic N) is 2. The zero-order chi connectivity index (χ0) is 11.9. The highest BCUT2D eigenvalue weighted by Gasteiger charge is 2.51. The quantitative estimate of drug-likeness (QED) is 0.658. The number of nitrogens with one attached hydrogen (secondary N) is 2. The molecule has 4 nitrogen and oxygen atoms in total. The van der Waals surface area contributed by atoms with Crippen molar-refractivity contribution in [3.63, 3.8) is 0 Å². The predicted octanol–water partition coefficient (Wildman–Crippen LogP) is -0.284. The molecular formula is C13H26N4. The molecule has 3 fully saturated rings. The van der Waals surface area contributed by atoms with Gasteiger partial charge in [0.1, 0.15) is 0 Å². The van der Waals surface area contributed by atoms with Crippen LogP contribution in [0.25, 0.3) is 0 Å². The van der Waals surface area contributed by atoms with Crippen LogP contribution in [0.5, 0.6) is 0 Å². The maximum atomic E-state index is 3.81. The normalized spacial score (nSPS) is 44.8. The average Bonchev–Trinajstić information content (AvgIpc) is 2.56. The van der Waals surface area contributed by atoms with E-state index >= 15 is 0 Å². The molecule has 0 saturated carbocycles. The minimum atomic E-state index is 0.383. The summed E-state index contributed by atoms with van der Waals surface area (Å²) in [6.07, 6.45) is 4.02. The van der Waals surface area contributed by atoms with Crippen LogP contribution < -0.4 is 10.6 Å². The second kappa shape index (κ2) is 4.50. The molecule has 0 spiro atoms. The highest BCUT2D eigenvalue weighted by atomic mass is 15.3. The highest BCUT2D eigenvalue weighted by Crippen LogP contribution is 2.38. The molecule has 0 aliphatic carbocycles. The second-order valence-electron chi connectivity index (χ2n) is 6.14. The Hall–Kier alpha value is -0.160. The van der Waals surface area contributed by atoms with Crippen molar-refractivity contribution in [2.75, 3.05) is 46.8 Å². The van der Waals surface area contributed by atoms with Gasteiger partial charge in [-0.2, -0.15) is 0 Å². The van der Waals surface area contributed by atoms with Gasteiger partial charge in [-0.05, 0) is 39.9 Å². The van der Waals surface area contributed by atoms with Crippen LogP contribution in [0, 0.1) is 0 Å². The lowest BCUT2D eigenvalue weighted by atomic mass is 9.85. The number of hydrogen-bond donors (Lipinski definition) is 2. The molecule has 0 amide bonds. The molecule has 2 bridgehead atoms. The van der Waals surface area contributed by atoms with E-state index in [0.29, 0.717) is 11.6 Å². The van der Waals surface area contributed by atoms with Crippen LogP contribution >= 0.6 is 0 Å². The van der Waals surface area contributed by atoms with Gasteiger partial charge < -0.3 is 15.5 Å². The van der Waals surface area contributed by atoms with Gasteiger partial charge in [0.2, 0.25) is 0 Å². The topological polar surface area (TPSA) is 30.5 Å². The largest absolute Gasteiger partial charge is 0.313 e. The summed E-state index contributed by atoms with van der Waals surface area (Å²) in [7, 11) is 4.58. The Morgan fingerprint density at radius 1 is 1.18 bits per heavy atom. The molecule has 4 heteroatoms. The summed E-state index contributed by atoms with van der Waals surface area (Å²) >= 11 is 0. The Balaban J connectivity index is 1.77. The van der Waals surface area contributed by atoms with Crippen molar-refractivity contribution in [2.45, 2.75) is 36.9 Å². The van der Waals surface area contributed by atoms with Gasteiger partial charge in [-0.25, -0.2) is 0 Å². The third-order valence-electron chi connectivity index (χ3n) is 5.30. The Morgan fingerprint density at radius 2 is 2.06 bits per heavy atom. The number of rotatable bonds is 1. The standard InChI is InChI=1S/C13H26N4/c1-16-7-4-12(15-6-8-16)13-5-3-11(17(13)2)9-14-10-13/h11-12,14-15H,3-10H2,1-2H3. The lowest BCUT2D eigenvalue weighted by Gasteiger charge is -2.48. The summed E-state index contributed by atoms with van der Waals surface area (Å²) in [5, 5.41) is 7.46. The summed E-state index contributed by atoms with van der Waals surface area (Å²) in [6.45, 7) is 5.92. The fourth-order valence-corrected chi connectivity index (χ4v) is 4.05. The number of fused-ring (bicyclic) bond motifs is 2. The maximum absolute atomic E-state index is 3.81. The van der Waals surface area contributed by atoms with Crippen molar-refractivity contribution in [3.05, 3.63) is 0 Å². The first kappa shape index (κ1) is 11.9. The van der Waals surface area contributed by atoms with E-state index in [4.69, 9.17) is 0 Å². The van der Waals surface area contributed by atoms with Crippen LogP contribution in [0.15, 0.2) is 0 Å². The predicted molar refractivity (Wildman–Crippen MR) is 70.3 cm³/mol. The molecule has 3 saturated heterocycles. The van der Waals surface area contributed by atoms with Crippen molar-refractivity contribution in [1.82, 2.24) is 20.4 Å². The Kier molecular flexibility index (Phi) is 3.15. The van der Waals surface area contributed by atoms with Gasteiger partial charge in [0.05, 0.1) is 0 Å². The molecular weight excluding hydrogens is 212 g/mol. The summed E-state index contributed by atoms with van der Waals surface area (Å²) in [5.41, 5.74) is 0.383. The lowest BCUT2D eigenvalue weighted by molar-refractivity contribution is 0.0593. The molecule has 0 radical (unpaired) electrons. The summed E-state index contributed by atoms with van der Waals surface area (Å²) < 4.78 is 0. The molecule has 0 aromatic carbocycles. The fraction of sp³-hybridized carbons (Fsp3) is 1.00. The van der Waals surface area contributed by atoms with Gasteiger partial charge in [0, 0.05) is 43.8 Å². The third-order valence-corrected chi connectivity index (χ3v) is 5.30. The third kappa shape index (κ3) is 1.91. The fourth-order valence-electron chi connectivity index (χ4n) is 4.05. The van der Waals surface area contributed by atoms with Crippen molar-refractivity contribution in [1.29, 1.82) is 0 Å². The minimum absolute atomic E-state index is 0.383. The van der Waals surface area contributed by atoms with Crippen LogP contribution in [0.1, 0.15) is 19.3 Å². The Morgan fingerprint density at radius 3 is 2.94 bits per heavy atom. The summed E-state index contributed by atoms with van der Waals surface area (Å²) in [6, 6.07) is 1.43. The van der Waals surface area contributed by atoms with Crippen LogP contribution in [-0.2, 0) is 0 Å². The molecule has 0 aromatic heterocycles. The molecule has 98 valence electrons. The first-order valence-corrected chi connectivity index (χ1v) is 7.08. The van der Waals surface area contributed by atoms with Crippen LogP contribution in [0.4, 0.5) is 0 Å². The van der Waals surface area contributed by atoms with Crippen molar-refractivity contribution < 1.29 is 0 Å². The molecule has 3 aliphatic rings. The summed E-state index contributed by atoms with van der Waals surface area (Å²) in [4.78, 5) is 5.12. The van der Waals surface area contributed by atoms with Crippen molar-refractivity contribution >= 4 is 0 Å². The average molecular weight is 238 g/mol. The SMILES string of the molecule is CN1CCNC(C23CCC(CNC2)N3C)CC1. The summed E-state index contributed by atoms with van der Waals surface area (Å²) in [5.74, 6) is 0. The number of piperazine rings is 1. The van der Waals surface area contributed by atoms with E-state index in [1.165, 1.54) is 45.4 Å². The molecule has 3 rings (SSSR count). The zero-order valence-corrected chi connectivity index (χ0v) is 11.2. The van der Waals surface area contributed by atoms with Crippen molar-refractivity contribution in [3.8, 4) is 0 Å². The lowest BCUT2D eigenvalue weighted by Crippen LogP contribution is -2.67. The Labute approximate surface area is 105 Å². The van der Waals surface area contributed by atoms with E-state index in [2.05, 4.69) is 34.5 Å². The van der Waals surface area contributed by atoms with E-state index in [-0.39, 0.29) is 0 Å². The van der Waals surface area contributed by atoms with Crippen LogP contribution in [0.3, 0.4) is 0 Å². The number of hydrogen-bond acceptors (Lipinski definition) is 4. The van der Waals surface area contributed by atoms with Crippen LogP contribution in [0.2, 0.25) is 0 Å². The molecule has 3 heterocycles. The molecule has 3 unspecified atom stereocenters. The Bertz CT molecular complexity index is 279. The smallest absolute Gasteiger partial charge is 0.0488 e. The van der Waals surface area contributed by atoms with Crippen molar-refractivity contribution in [2.24, 2.45) is 0 Å². The molecule has 3 atom stereocenters. The van der Waals surface area contributed by atoms with E-state index in [9.17, 15) is 0 Å². The van der Waals surface area contributed by atoms with Gasteiger partial charge in [-0.1, -0.05) is 0 Å². The van der Waals surface area contributed by atoms with E-state index < -0.39 is 0 Å². The first-order chi connectivity index (χ1) is 8.22. The monoisotopic (exact) mass is 238 g/mol. The highest BCUT2D eigenvalue weighted by molar-refractivity contribution is 5.11. The van der Waals surface area contributed by atoms with Gasteiger partial charge in [0.25, 0.3) is 0 Å². The van der Waals surface area contributed by atoms with Crippen LogP contribution in [-0.4, -0.2) is 74.2 Å². The molecule has 3 aliphatic heterocycles. The van der Waals surface area contributed by atoms with E-state index in [1.54, 1.807) is 0 Å². The van der Waals surface area contributed by atoms with Gasteiger partial charge >= 0.3 is 0 Å². The zero-order valence-electron chi connectivity index (χ0n) is 11.2. The van der Waals surface area contributed by atoms with Gasteiger partial charge in [-0.3, -0.25) is 4.90 Å².